The minimum atomic E-state index is -2.76. The molecule has 0 aromatic heterocycles. The first-order valence-corrected chi connectivity index (χ1v) is 11.4. The van der Waals surface area contributed by atoms with E-state index in [1.165, 1.54) is 18.2 Å². The van der Waals surface area contributed by atoms with Crippen molar-refractivity contribution in [3.05, 3.63) is 62.6 Å². The molecular formula is C21H15Cl5F2N2O2. The molecular weight excluding hydrogens is 528 g/mol. The summed E-state index contributed by atoms with van der Waals surface area (Å²) in [7, 11) is 0. The Labute approximate surface area is 207 Å². The molecule has 2 amide bonds. The highest BCUT2D eigenvalue weighted by atomic mass is 35.5. The Morgan fingerprint density at radius 2 is 1.59 bits per heavy atom. The first-order chi connectivity index (χ1) is 14.9. The van der Waals surface area contributed by atoms with E-state index in [4.69, 9.17) is 58.0 Å². The zero-order valence-corrected chi connectivity index (χ0v) is 19.9. The van der Waals surface area contributed by atoms with Crippen LogP contribution in [0.4, 0.5) is 14.5 Å². The molecule has 0 spiro atoms. The number of anilines is 1. The van der Waals surface area contributed by atoms with Crippen LogP contribution in [0.3, 0.4) is 0 Å². The van der Waals surface area contributed by atoms with Gasteiger partial charge in [0.1, 0.15) is 4.33 Å². The zero-order valence-electron chi connectivity index (χ0n) is 16.1. The Hall–Kier alpha value is -1.31. The molecule has 2 aromatic carbocycles. The van der Waals surface area contributed by atoms with Crippen molar-refractivity contribution in [3.8, 4) is 0 Å². The van der Waals surface area contributed by atoms with E-state index in [2.05, 4.69) is 10.6 Å². The second-order valence-electron chi connectivity index (χ2n) is 7.95. The molecule has 0 radical (unpaired) electrons. The summed E-state index contributed by atoms with van der Waals surface area (Å²) in [5.41, 5.74) is 0.959. The third kappa shape index (κ3) is 4.80. The van der Waals surface area contributed by atoms with Crippen molar-refractivity contribution >= 4 is 75.5 Å². The maximum atomic E-state index is 13.0. The number of rotatable bonds is 5. The van der Waals surface area contributed by atoms with Crippen molar-refractivity contribution in [2.24, 2.45) is 5.92 Å². The van der Waals surface area contributed by atoms with Gasteiger partial charge in [-0.3, -0.25) is 9.59 Å². The third-order valence-corrected chi connectivity index (χ3v) is 7.19. The molecule has 2 aliphatic carbocycles. The van der Waals surface area contributed by atoms with Gasteiger partial charge in [-0.15, -0.1) is 23.2 Å². The highest BCUT2D eigenvalue weighted by Gasteiger charge is 2.67. The number of amides is 2. The Balaban J connectivity index is 1.46. The van der Waals surface area contributed by atoms with Crippen LogP contribution in [0.5, 0.6) is 0 Å². The third-order valence-electron chi connectivity index (χ3n) is 5.48. The van der Waals surface area contributed by atoms with Gasteiger partial charge in [0.25, 0.3) is 11.8 Å². The standard InChI is InChI=1S/C21H15Cl5F2N2O2/c22-10-3-9(4-11(23)5-10)16-17(21(16,25)26)19(32)29-12-1-2-15(24)14(6-12)18(31)30-13-7-20(27,28)8-13/h1-6,13,16-17H,7-8H2,(H,29,32)(H,30,31)/t16-,17+/m1/s1. The Bertz CT molecular complexity index is 1080. The van der Waals surface area contributed by atoms with Gasteiger partial charge in [-0.25, -0.2) is 8.78 Å². The molecule has 2 aromatic rings. The largest absolute Gasteiger partial charge is 0.349 e. The van der Waals surface area contributed by atoms with Crippen molar-refractivity contribution in [2.45, 2.75) is 35.1 Å². The minimum Gasteiger partial charge on any atom is -0.349 e. The SMILES string of the molecule is O=C(NC1CC(F)(F)C1)c1cc(NC(=O)[C@@H]2[C@@H](c3cc(Cl)cc(Cl)c3)C2(Cl)Cl)ccc1Cl. The van der Waals surface area contributed by atoms with Gasteiger partial charge in [0.2, 0.25) is 5.91 Å². The lowest BCUT2D eigenvalue weighted by Gasteiger charge is -2.35. The van der Waals surface area contributed by atoms with Crippen LogP contribution in [0.15, 0.2) is 36.4 Å². The lowest BCUT2D eigenvalue weighted by atomic mass is 9.88. The normalized spacial score (nSPS) is 23.2. The van der Waals surface area contributed by atoms with E-state index < -0.39 is 52.8 Å². The van der Waals surface area contributed by atoms with Gasteiger partial charge < -0.3 is 10.6 Å². The van der Waals surface area contributed by atoms with Crippen LogP contribution in [-0.4, -0.2) is 28.1 Å². The van der Waals surface area contributed by atoms with Crippen LogP contribution in [0, 0.1) is 5.92 Å². The summed E-state index contributed by atoms with van der Waals surface area (Å²) < 4.78 is 24.7. The summed E-state index contributed by atoms with van der Waals surface area (Å²) in [5.74, 6) is -5.15. The van der Waals surface area contributed by atoms with Crippen LogP contribution in [-0.2, 0) is 4.79 Å². The number of benzene rings is 2. The lowest BCUT2D eigenvalue weighted by molar-refractivity contribution is -0.117. The van der Waals surface area contributed by atoms with Crippen molar-refractivity contribution in [1.29, 1.82) is 0 Å². The van der Waals surface area contributed by atoms with Crippen LogP contribution < -0.4 is 10.6 Å². The molecule has 4 rings (SSSR count). The number of hydrogen-bond acceptors (Lipinski definition) is 2. The highest BCUT2D eigenvalue weighted by Crippen LogP contribution is 2.65. The maximum Gasteiger partial charge on any atom is 0.253 e. The molecule has 0 bridgehead atoms. The van der Waals surface area contributed by atoms with E-state index in [9.17, 15) is 18.4 Å². The molecule has 2 N–H and O–H groups in total. The van der Waals surface area contributed by atoms with Gasteiger partial charge in [0.05, 0.1) is 16.5 Å². The van der Waals surface area contributed by atoms with Crippen molar-refractivity contribution < 1.29 is 18.4 Å². The number of alkyl halides is 4. The van der Waals surface area contributed by atoms with Crippen molar-refractivity contribution in [1.82, 2.24) is 5.32 Å². The molecule has 0 aliphatic heterocycles. The van der Waals surface area contributed by atoms with Gasteiger partial charge >= 0.3 is 0 Å². The predicted molar refractivity (Wildman–Crippen MR) is 123 cm³/mol. The van der Waals surface area contributed by atoms with E-state index >= 15 is 0 Å². The predicted octanol–water partition coefficient (Wildman–Crippen LogP) is 6.70. The molecule has 0 unspecified atom stereocenters. The van der Waals surface area contributed by atoms with Crippen molar-refractivity contribution in [2.75, 3.05) is 5.32 Å². The van der Waals surface area contributed by atoms with Gasteiger partial charge in [0, 0.05) is 40.5 Å². The number of carbonyl (C=O) groups excluding carboxylic acids is 2. The van der Waals surface area contributed by atoms with E-state index in [-0.39, 0.29) is 16.3 Å². The topological polar surface area (TPSA) is 58.2 Å². The fourth-order valence-corrected chi connectivity index (χ4v) is 5.42. The van der Waals surface area contributed by atoms with E-state index in [1.54, 1.807) is 18.2 Å². The van der Waals surface area contributed by atoms with E-state index in [1.807, 2.05) is 0 Å². The van der Waals surface area contributed by atoms with E-state index in [0.717, 1.165) is 0 Å². The monoisotopic (exact) mass is 540 g/mol. The molecule has 11 heteroatoms. The molecule has 170 valence electrons. The fourth-order valence-electron chi connectivity index (χ4n) is 3.85. The smallest absolute Gasteiger partial charge is 0.253 e. The summed E-state index contributed by atoms with van der Waals surface area (Å²) in [6.45, 7) is 0. The molecule has 0 saturated heterocycles. The number of carbonyl (C=O) groups is 2. The Morgan fingerprint density at radius 1 is 0.969 bits per heavy atom. The quantitative estimate of drug-likeness (QED) is 0.413. The highest BCUT2D eigenvalue weighted by molar-refractivity contribution is 6.53. The first-order valence-electron chi connectivity index (χ1n) is 9.50. The average molecular weight is 543 g/mol. The summed E-state index contributed by atoms with van der Waals surface area (Å²) in [6, 6.07) is 8.50. The van der Waals surface area contributed by atoms with Crippen LogP contribution in [0.2, 0.25) is 15.1 Å². The molecule has 0 heterocycles. The summed E-state index contributed by atoms with van der Waals surface area (Å²) in [5, 5.41) is 6.08. The Kier molecular flexibility index (Phi) is 6.31. The van der Waals surface area contributed by atoms with Crippen LogP contribution in [0.25, 0.3) is 0 Å². The van der Waals surface area contributed by atoms with Gasteiger partial charge in [0.15, 0.2) is 0 Å². The first kappa shape index (κ1) is 23.8. The maximum absolute atomic E-state index is 13.0. The second-order valence-corrected chi connectivity index (χ2v) is 10.7. The summed E-state index contributed by atoms with van der Waals surface area (Å²) >= 11 is 30.9. The molecule has 2 atom stereocenters. The van der Waals surface area contributed by atoms with E-state index in [0.29, 0.717) is 15.6 Å². The van der Waals surface area contributed by atoms with Crippen molar-refractivity contribution in [3.63, 3.8) is 0 Å². The second kappa shape index (κ2) is 8.48. The van der Waals surface area contributed by atoms with Gasteiger partial charge in [-0.05, 0) is 42.0 Å². The van der Waals surface area contributed by atoms with Gasteiger partial charge in [-0.2, -0.15) is 0 Å². The molecule has 2 fully saturated rings. The molecule has 2 saturated carbocycles. The fraction of sp³-hybridized carbons (Fsp3) is 0.333. The zero-order chi connectivity index (χ0) is 23.4. The molecule has 2 aliphatic rings. The van der Waals surface area contributed by atoms with Crippen LogP contribution >= 0.6 is 58.0 Å². The lowest BCUT2D eigenvalue weighted by Crippen LogP contribution is -2.50. The number of nitrogens with one attached hydrogen (secondary N) is 2. The summed E-state index contributed by atoms with van der Waals surface area (Å²) in [6.07, 6.45) is -0.839. The van der Waals surface area contributed by atoms with Gasteiger partial charge in [-0.1, -0.05) is 34.8 Å². The summed E-state index contributed by atoms with van der Waals surface area (Å²) in [4.78, 5) is 25.3. The number of halogens is 7. The molecule has 32 heavy (non-hydrogen) atoms. The van der Waals surface area contributed by atoms with Crippen LogP contribution in [0.1, 0.15) is 34.7 Å². The minimum absolute atomic E-state index is 0.0525. The average Bonchev–Trinajstić information content (AvgIpc) is 3.23. The Morgan fingerprint density at radius 3 is 2.19 bits per heavy atom. The number of hydrogen-bond donors (Lipinski definition) is 2. The molecule has 4 nitrogen and oxygen atoms in total.